The number of rotatable bonds is 9. The third-order valence-corrected chi connectivity index (χ3v) is 3.08. The van der Waals surface area contributed by atoms with Gasteiger partial charge in [-0.25, -0.2) is 0 Å². The van der Waals surface area contributed by atoms with Crippen LogP contribution in [0.3, 0.4) is 0 Å². The summed E-state index contributed by atoms with van der Waals surface area (Å²) in [6, 6.07) is 0.970. The first-order valence-corrected chi connectivity index (χ1v) is 6.52. The molecule has 16 heavy (non-hydrogen) atoms. The molecule has 3 nitrogen and oxygen atoms in total. The van der Waals surface area contributed by atoms with Gasteiger partial charge in [0.05, 0.1) is 6.61 Å². The Labute approximate surface area is 102 Å². The first-order chi connectivity index (χ1) is 7.54. The Balaban J connectivity index is 4.02. The molecule has 0 aromatic heterocycles. The smallest absolute Gasteiger partial charge is 0.0618 e. The highest BCUT2D eigenvalue weighted by Gasteiger charge is 2.16. The van der Waals surface area contributed by atoms with Gasteiger partial charge >= 0.3 is 0 Å². The number of methoxy groups -OCH3 is 1. The fraction of sp³-hybridized carbons (Fsp3) is 1.00. The summed E-state index contributed by atoms with van der Waals surface area (Å²) in [6.07, 6.45) is 0. The Morgan fingerprint density at radius 1 is 1.12 bits per heavy atom. The van der Waals surface area contributed by atoms with Crippen LogP contribution in [0.1, 0.15) is 34.6 Å². The molecule has 0 spiro atoms. The topological polar surface area (TPSA) is 24.5 Å². The van der Waals surface area contributed by atoms with Crippen LogP contribution < -0.4 is 5.32 Å². The molecule has 0 saturated heterocycles. The van der Waals surface area contributed by atoms with E-state index in [4.69, 9.17) is 4.74 Å². The Hall–Kier alpha value is -0.120. The number of hydrogen-bond donors (Lipinski definition) is 1. The summed E-state index contributed by atoms with van der Waals surface area (Å²) in [5, 5.41) is 3.65. The molecule has 0 rings (SSSR count). The van der Waals surface area contributed by atoms with E-state index in [0.717, 1.165) is 26.2 Å². The van der Waals surface area contributed by atoms with Gasteiger partial charge in [0.25, 0.3) is 0 Å². The van der Waals surface area contributed by atoms with Gasteiger partial charge in [-0.1, -0.05) is 27.7 Å². The summed E-state index contributed by atoms with van der Waals surface area (Å²) in [7, 11) is 1.77. The quantitative estimate of drug-likeness (QED) is 0.655. The van der Waals surface area contributed by atoms with Crippen molar-refractivity contribution in [3.05, 3.63) is 0 Å². The van der Waals surface area contributed by atoms with Crippen LogP contribution in [0.2, 0.25) is 0 Å². The lowest BCUT2D eigenvalue weighted by Gasteiger charge is -2.29. The fourth-order valence-electron chi connectivity index (χ4n) is 1.90. The van der Waals surface area contributed by atoms with Gasteiger partial charge in [0, 0.05) is 25.7 Å². The van der Waals surface area contributed by atoms with E-state index in [1.54, 1.807) is 7.11 Å². The molecule has 0 aliphatic heterocycles. The highest BCUT2D eigenvalue weighted by molar-refractivity contribution is 4.76. The minimum absolute atomic E-state index is 0.454. The van der Waals surface area contributed by atoms with Gasteiger partial charge in [0.15, 0.2) is 0 Å². The summed E-state index contributed by atoms with van der Waals surface area (Å²) < 4.78 is 5.25. The van der Waals surface area contributed by atoms with E-state index in [2.05, 4.69) is 44.8 Å². The predicted molar refractivity (Wildman–Crippen MR) is 70.9 cm³/mol. The lowest BCUT2D eigenvalue weighted by Crippen LogP contribution is -2.47. The van der Waals surface area contributed by atoms with Crippen LogP contribution in [0.25, 0.3) is 0 Å². The number of nitrogens with zero attached hydrogens (tertiary/aromatic N) is 1. The first kappa shape index (κ1) is 15.9. The molecule has 0 aliphatic carbocycles. The highest BCUT2D eigenvalue weighted by Crippen LogP contribution is 2.04. The van der Waals surface area contributed by atoms with Gasteiger partial charge in [0.2, 0.25) is 0 Å². The van der Waals surface area contributed by atoms with Crippen LogP contribution in [0, 0.1) is 5.92 Å². The van der Waals surface area contributed by atoms with Crippen molar-refractivity contribution in [2.75, 3.05) is 33.4 Å². The van der Waals surface area contributed by atoms with Gasteiger partial charge in [0.1, 0.15) is 0 Å². The SMILES string of the molecule is CCN(CC)CC(C)NC(COC)C(C)C. The van der Waals surface area contributed by atoms with Crippen LogP contribution in [-0.4, -0.2) is 50.3 Å². The molecule has 3 heteroatoms. The predicted octanol–water partition coefficient (Wildman–Crippen LogP) is 1.98. The average molecular weight is 230 g/mol. The van der Waals surface area contributed by atoms with E-state index in [9.17, 15) is 0 Å². The molecule has 0 aromatic carbocycles. The molecule has 0 heterocycles. The van der Waals surface area contributed by atoms with Crippen LogP contribution >= 0.6 is 0 Å². The van der Waals surface area contributed by atoms with Crippen molar-refractivity contribution < 1.29 is 4.74 Å². The molecule has 0 aromatic rings. The number of nitrogens with one attached hydrogen (secondary N) is 1. The largest absolute Gasteiger partial charge is 0.383 e. The van der Waals surface area contributed by atoms with E-state index < -0.39 is 0 Å². The third-order valence-electron chi connectivity index (χ3n) is 3.08. The van der Waals surface area contributed by atoms with E-state index in [0.29, 0.717) is 18.0 Å². The Morgan fingerprint density at radius 2 is 1.69 bits per heavy atom. The number of ether oxygens (including phenoxy) is 1. The second-order valence-electron chi connectivity index (χ2n) is 4.86. The minimum atomic E-state index is 0.454. The van der Waals surface area contributed by atoms with Crippen molar-refractivity contribution in [2.45, 2.75) is 46.7 Å². The molecule has 0 amide bonds. The van der Waals surface area contributed by atoms with Crippen LogP contribution in [-0.2, 0) is 4.74 Å². The normalized spacial score (nSPS) is 15.8. The van der Waals surface area contributed by atoms with Crippen molar-refractivity contribution in [3.8, 4) is 0 Å². The zero-order valence-electron chi connectivity index (χ0n) is 11.9. The first-order valence-electron chi connectivity index (χ1n) is 6.52. The third kappa shape index (κ3) is 6.46. The summed E-state index contributed by atoms with van der Waals surface area (Å²) in [4.78, 5) is 2.45. The van der Waals surface area contributed by atoms with Gasteiger partial charge in [-0.15, -0.1) is 0 Å². The number of hydrogen-bond acceptors (Lipinski definition) is 3. The Bertz CT molecular complexity index is 158. The van der Waals surface area contributed by atoms with Crippen molar-refractivity contribution in [1.29, 1.82) is 0 Å². The van der Waals surface area contributed by atoms with Crippen molar-refractivity contribution in [2.24, 2.45) is 5.92 Å². The molecule has 1 N–H and O–H groups in total. The second kappa shape index (κ2) is 8.97. The Kier molecular flexibility index (Phi) is 8.90. The summed E-state index contributed by atoms with van der Waals surface area (Å²) in [6.45, 7) is 15.3. The van der Waals surface area contributed by atoms with Crippen LogP contribution in [0.5, 0.6) is 0 Å². The summed E-state index contributed by atoms with van der Waals surface area (Å²) in [5.41, 5.74) is 0. The Morgan fingerprint density at radius 3 is 2.06 bits per heavy atom. The van der Waals surface area contributed by atoms with Crippen LogP contribution in [0.4, 0.5) is 0 Å². The monoisotopic (exact) mass is 230 g/mol. The molecule has 0 bridgehead atoms. The van der Waals surface area contributed by atoms with Gasteiger partial charge in [-0.3, -0.25) is 0 Å². The molecule has 2 atom stereocenters. The molecular weight excluding hydrogens is 200 g/mol. The zero-order valence-corrected chi connectivity index (χ0v) is 11.9. The molecule has 0 saturated carbocycles. The van der Waals surface area contributed by atoms with Gasteiger partial charge in [-0.2, -0.15) is 0 Å². The maximum absolute atomic E-state index is 5.25. The summed E-state index contributed by atoms with van der Waals surface area (Å²) >= 11 is 0. The number of likely N-dealkylation sites (N-methyl/N-ethyl adjacent to an activating group) is 1. The lowest BCUT2D eigenvalue weighted by atomic mass is 10.0. The average Bonchev–Trinajstić information content (AvgIpc) is 2.25. The summed E-state index contributed by atoms with van der Waals surface area (Å²) in [5.74, 6) is 0.610. The van der Waals surface area contributed by atoms with Crippen LogP contribution in [0.15, 0.2) is 0 Å². The highest BCUT2D eigenvalue weighted by atomic mass is 16.5. The van der Waals surface area contributed by atoms with E-state index >= 15 is 0 Å². The van der Waals surface area contributed by atoms with Crippen molar-refractivity contribution >= 4 is 0 Å². The van der Waals surface area contributed by atoms with Crippen molar-refractivity contribution in [3.63, 3.8) is 0 Å². The van der Waals surface area contributed by atoms with E-state index in [1.165, 1.54) is 0 Å². The zero-order chi connectivity index (χ0) is 12.6. The maximum atomic E-state index is 5.25. The lowest BCUT2D eigenvalue weighted by molar-refractivity contribution is 0.135. The molecule has 0 fully saturated rings. The van der Waals surface area contributed by atoms with Crippen molar-refractivity contribution in [1.82, 2.24) is 10.2 Å². The maximum Gasteiger partial charge on any atom is 0.0618 e. The minimum Gasteiger partial charge on any atom is -0.383 e. The molecule has 0 aliphatic rings. The second-order valence-corrected chi connectivity index (χ2v) is 4.86. The van der Waals surface area contributed by atoms with Gasteiger partial charge in [-0.05, 0) is 25.9 Å². The molecule has 0 radical (unpaired) electrons. The van der Waals surface area contributed by atoms with E-state index in [-0.39, 0.29) is 0 Å². The molecule has 2 unspecified atom stereocenters. The standard InChI is InChI=1S/C13H30N2O/c1-7-15(8-2)9-12(5)14-13(10-16-6)11(3)4/h11-14H,7-10H2,1-6H3. The fourth-order valence-corrected chi connectivity index (χ4v) is 1.90. The molecule has 98 valence electrons. The van der Waals surface area contributed by atoms with Gasteiger partial charge < -0.3 is 15.0 Å². The molecular formula is C13H30N2O. The van der Waals surface area contributed by atoms with E-state index in [1.807, 2.05) is 0 Å².